The number of aromatic nitrogens is 6. The van der Waals surface area contributed by atoms with E-state index in [-0.39, 0.29) is 0 Å². The number of pyridine rings is 1. The lowest BCUT2D eigenvalue weighted by Gasteiger charge is -2.14. The smallest absolute Gasteiger partial charge is 0.116 e. The maximum absolute atomic E-state index is 5.21. The molecule has 0 aliphatic rings. The lowest BCUT2D eigenvalue weighted by molar-refractivity contribution is 1.14. The van der Waals surface area contributed by atoms with Crippen LogP contribution in [0.5, 0.6) is 0 Å². The summed E-state index contributed by atoms with van der Waals surface area (Å²) < 4.78 is 7.05. The van der Waals surface area contributed by atoms with Gasteiger partial charge >= 0.3 is 0 Å². The van der Waals surface area contributed by atoms with Crippen molar-refractivity contribution in [2.75, 3.05) is 0 Å². The van der Waals surface area contributed by atoms with Crippen LogP contribution in [0.15, 0.2) is 243 Å². The van der Waals surface area contributed by atoms with E-state index < -0.39 is 0 Å². The summed E-state index contributed by atoms with van der Waals surface area (Å²) in [7, 11) is 0. The van der Waals surface area contributed by atoms with Gasteiger partial charge < -0.3 is 13.7 Å². The summed E-state index contributed by atoms with van der Waals surface area (Å²) in [6.45, 7) is 0. The Balaban J connectivity index is 0.889. The summed E-state index contributed by atoms with van der Waals surface area (Å²) in [6, 6.07) is 82.8. The van der Waals surface area contributed by atoms with Crippen molar-refractivity contribution in [2.24, 2.45) is 0 Å². The number of hydrogen-bond acceptors (Lipinski definition) is 3. The van der Waals surface area contributed by atoms with Gasteiger partial charge in [-0.3, -0.25) is 0 Å². The summed E-state index contributed by atoms with van der Waals surface area (Å²) in [4.78, 5) is 14.4. The van der Waals surface area contributed by atoms with Crippen LogP contribution in [0.25, 0.3) is 127 Å². The minimum Gasteiger partial charge on any atom is -0.309 e. The molecule has 14 rings (SSSR count). The Hall–Kier alpha value is -9.39. The van der Waals surface area contributed by atoms with Crippen LogP contribution in [0.1, 0.15) is 0 Å². The normalized spacial score (nSPS) is 11.8. The topological polar surface area (TPSA) is 53.5 Å². The molecule has 0 spiro atoms. The molecule has 0 saturated heterocycles. The molecule has 0 radical (unpaired) electrons. The summed E-state index contributed by atoms with van der Waals surface area (Å²) in [5, 5.41) is 5.92. The monoisotopic (exact) mass is 880 g/mol. The molecule has 0 aliphatic carbocycles. The molecule has 6 nitrogen and oxygen atoms in total. The van der Waals surface area contributed by atoms with E-state index in [2.05, 4.69) is 243 Å². The molecular formula is C63H40N6. The van der Waals surface area contributed by atoms with E-state index in [1.165, 1.54) is 27.1 Å². The van der Waals surface area contributed by atoms with E-state index in [1.807, 2.05) is 12.3 Å². The number of nitrogens with zero attached hydrogens (tertiary/aromatic N) is 6. The highest BCUT2D eigenvalue weighted by atomic mass is 15.0. The van der Waals surface area contributed by atoms with Gasteiger partial charge in [0.2, 0.25) is 0 Å². The first-order valence-electron chi connectivity index (χ1n) is 23.3. The minimum absolute atomic E-state index is 0.931. The van der Waals surface area contributed by atoms with Gasteiger partial charge in [-0.05, 0) is 101 Å². The molecule has 0 saturated carbocycles. The Labute approximate surface area is 397 Å². The number of fused-ring (bicyclic) bond motifs is 9. The van der Waals surface area contributed by atoms with Crippen LogP contribution in [-0.4, -0.2) is 28.7 Å². The van der Waals surface area contributed by atoms with Gasteiger partial charge in [-0.1, -0.05) is 152 Å². The van der Waals surface area contributed by atoms with Crippen LogP contribution in [0.2, 0.25) is 0 Å². The van der Waals surface area contributed by atoms with Crippen molar-refractivity contribution in [3.63, 3.8) is 0 Å². The molecule has 0 atom stereocenters. The average molecular weight is 881 g/mol. The zero-order valence-corrected chi connectivity index (χ0v) is 37.3. The number of benzene rings is 9. The molecule has 5 heterocycles. The first kappa shape index (κ1) is 38.8. The zero-order chi connectivity index (χ0) is 45.4. The van der Waals surface area contributed by atoms with E-state index in [9.17, 15) is 0 Å². The predicted octanol–water partition coefficient (Wildman–Crippen LogP) is 15.8. The van der Waals surface area contributed by atoms with E-state index in [1.54, 1.807) is 6.33 Å². The van der Waals surface area contributed by atoms with Crippen LogP contribution in [-0.2, 0) is 0 Å². The maximum atomic E-state index is 5.21. The van der Waals surface area contributed by atoms with Gasteiger partial charge in [0.1, 0.15) is 6.33 Å². The van der Waals surface area contributed by atoms with Crippen molar-refractivity contribution < 1.29 is 0 Å². The van der Waals surface area contributed by atoms with Crippen LogP contribution < -0.4 is 0 Å². The fourth-order valence-electron chi connectivity index (χ4n) is 10.6. The fourth-order valence-corrected chi connectivity index (χ4v) is 10.6. The Bertz CT molecular complexity index is 4240. The van der Waals surface area contributed by atoms with E-state index in [0.29, 0.717) is 0 Å². The summed E-state index contributed by atoms with van der Waals surface area (Å²) in [5.41, 5.74) is 19.5. The molecule has 0 amide bonds. The van der Waals surface area contributed by atoms with Crippen molar-refractivity contribution in [3.05, 3.63) is 243 Å². The van der Waals surface area contributed by atoms with E-state index in [0.717, 1.165) is 100 Å². The molecule has 5 aromatic heterocycles. The third-order valence-corrected chi connectivity index (χ3v) is 13.8. The maximum Gasteiger partial charge on any atom is 0.116 e. The lowest BCUT2D eigenvalue weighted by Crippen LogP contribution is -1.98. The molecule has 322 valence electrons. The summed E-state index contributed by atoms with van der Waals surface area (Å²) >= 11 is 0. The third-order valence-electron chi connectivity index (χ3n) is 13.8. The van der Waals surface area contributed by atoms with Gasteiger partial charge in [0.15, 0.2) is 0 Å². The predicted molar refractivity (Wildman–Crippen MR) is 285 cm³/mol. The first-order valence-corrected chi connectivity index (χ1v) is 23.3. The fraction of sp³-hybridized carbons (Fsp3) is 0. The third kappa shape index (κ3) is 6.30. The molecule has 14 aromatic rings. The average Bonchev–Trinajstić information content (AvgIpc) is 4.06. The quantitative estimate of drug-likeness (QED) is 0.160. The van der Waals surface area contributed by atoms with Crippen LogP contribution in [0, 0.1) is 0 Å². The van der Waals surface area contributed by atoms with Crippen LogP contribution >= 0.6 is 0 Å². The van der Waals surface area contributed by atoms with Crippen LogP contribution in [0.3, 0.4) is 0 Å². The largest absolute Gasteiger partial charge is 0.309 e. The second-order valence-corrected chi connectivity index (χ2v) is 17.7. The van der Waals surface area contributed by atoms with Gasteiger partial charge in [0.25, 0.3) is 0 Å². The molecule has 0 unspecified atom stereocenters. The first-order chi connectivity index (χ1) is 34.2. The van der Waals surface area contributed by atoms with Crippen molar-refractivity contribution in [2.45, 2.75) is 0 Å². The molecule has 0 bridgehead atoms. The minimum atomic E-state index is 0.931. The molecule has 0 aliphatic heterocycles. The zero-order valence-electron chi connectivity index (χ0n) is 37.3. The van der Waals surface area contributed by atoms with Gasteiger partial charge in [0, 0.05) is 49.4 Å². The van der Waals surface area contributed by atoms with E-state index in [4.69, 9.17) is 9.97 Å². The summed E-state index contributed by atoms with van der Waals surface area (Å²) in [6.07, 6.45) is 3.56. The Morgan fingerprint density at radius 1 is 0.275 bits per heavy atom. The molecule has 69 heavy (non-hydrogen) atoms. The summed E-state index contributed by atoms with van der Waals surface area (Å²) in [5.74, 6) is 0. The lowest BCUT2D eigenvalue weighted by atomic mass is 9.97. The highest BCUT2D eigenvalue weighted by molar-refractivity contribution is 6.13. The van der Waals surface area contributed by atoms with Crippen LogP contribution in [0.4, 0.5) is 0 Å². The number of hydrogen-bond donors (Lipinski definition) is 0. The van der Waals surface area contributed by atoms with Crippen molar-refractivity contribution >= 4 is 65.5 Å². The highest BCUT2D eigenvalue weighted by Gasteiger charge is 2.20. The molecule has 6 heteroatoms. The van der Waals surface area contributed by atoms with E-state index >= 15 is 0 Å². The second-order valence-electron chi connectivity index (χ2n) is 17.7. The second kappa shape index (κ2) is 15.6. The van der Waals surface area contributed by atoms with Gasteiger partial charge in [-0.15, -0.1) is 0 Å². The molecule has 0 fully saturated rings. The molecule has 0 N–H and O–H groups in total. The SMILES string of the molecule is c1ccc(-c2cc(-n3c4ccccc4c4ccc(-c5cccc(-c6ccc7c(c6)c6ccccc6n7-c6ccc7c(c6)c6ncncc6n7-c6ccccc6)c5)cc43)cc(-c3ccccc3)n2)cc1. The van der Waals surface area contributed by atoms with Gasteiger partial charge in [-0.25, -0.2) is 15.0 Å². The van der Waals surface area contributed by atoms with Gasteiger partial charge in [-0.2, -0.15) is 0 Å². The molecule has 9 aromatic carbocycles. The van der Waals surface area contributed by atoms with Gasteiger partial charge in [0.05, 0.1) is 61.9 Å². The Morgan fingerprint density at radius 2 is 0.783 bits per heavy atom. The number of rotatable bonds is 7. The number of para-hydroxylation sites is 3. The highest BCUT2D eigenvalue weighted by Crippen LogP contribution is 2.40. The van der Waals surface area contributed by atoms with Crippen molar-refractivity contribution in [1.82, 2.24) is 28.7 Å². The van der Waals surface area contributed by atoms with Crippen molar-refractivity contribution in [3.8, 4) is 61.8 Å². The standard InChI is InChI=1S/C63H40N6/c1-4-15-41(16-5-1)55-37-49(38-56(66-55)42-17-6-2-7-18-42)69-57-25-12-10-23-50(57)52-30-27-46(35-61(52)69)44-20-14-19-43(33-44)45-28-31-59-53(34-45)51-24-11-13-26-58(51)68(59)48-29-32-60-54(36-48)63-62(39-64-40-65-63)67(60)47-21-8-3-9-22-47/h1-40H. The Morgan fingerprint density at radius 3 is 1.49 bits per heavy atom. The van der Waals surface area contributed by atoms with Crippen molar-refractivity contribution in [1.29, 1.82) is 0 Å². The Kier molecular flexibility index (Phi) is 8.79. The molecular weight excluding hydrogens is 841 g/mol.